The van der Waals surface area contributed by atoms with Crippen LogP contribution in [0.25, 0.3) is 10.9 Å². The van der Waals surface area contributed by atoms with Crippen molar-refractivity contribution in [1.29, 1.82) is 0 Å². The van der Waals surface area contributed by atoms with E-state index in [4.69, 9.17) is 12.2 Å². The number of benzene rings is 2. The Labute approximate surface area is 181 Å². The van der Waals surface area contributed by atoms with Crippen molar-refractivity contribution in [3.63, 3.8) is 0 Å². The first-order chi connectivity index (χ1) is 14.5. The summed E-state index contributed by atoms with van der Waals surface area (Å²) in [4.78, 5) is 28.0. The monoisotopic (exact) mass is 421 g/mol. The molecular weight excluding hydrogens is 394 g/mol. The number of carbonyl (C=O) groups is 1. The Hall–Kier alpha value is -2.57. The summed E-state index contributed by atoms with van der Waals surface area (Å²) < 4.78 is 4.14. The van der Waals surface area contributed by atoms with E-state index in [1.54, 1.807) is 4.57 Å². The van der Waals surface area contributed by atoms with Crippen molar-refractivity contribution in [2.45, 2.75) is 26.3 Å². The number of aryl methyl sites for hydroxylation is 2. The molecule has 2 aromatic carbocycles. The van der Waals surface area contributed by atoms with E-state index in [0.29, 0.717) is 16.7 Å². The molecule has 0 saturated carbocycles. The summed E-state index contributed by atoms with van der Waals surface area (Å²) in [6.45, 7) is 5.08. The van der Waals surface area contributed by atoms with Crippen LogP contribution in [0, 0.1) is 17.6 Å². The Bertz CT molecular complexity index is 1190. The molecule has 5 nitrogen and oxygen atoms in total. The lowest BCUT2D eigenvalue weighted by atomic mass is 9.88. The van der Waals surface area contributed by atoms with E-state index in [-0.39, 0.29) is 17.3 Å². The molecule has 0 amide bonds. The number of Topliss-reactive ketones (excluding diaryl/α,β-unsaturated/α-hetero) is 1. The summed E-state index contributed by atoms with van der Waals surface area (Å²) in [5.41, 5.74) is 2.81. The number of fused-ring (bicyclic) bond motifs is 1. The van der Waals surface area contributed by atoms with Crippen LogP contribution < -0.4 is 5.56 Å². The zero-order valence-electron chi connectivity index (χ0n) is 17.5. The van der Waals surface area contributed by atoms with Gasteiger partial charge in [0, 0.05) is 31.6 Å². The molecule has 0 N–H and O–H groups in total. The molecule has 0 aliphatic carbocycles. The van der Waals surface area contributed by atoms with Crippen LogP contribution in [0.4, 0.5) is 0 Å². The lowest BCUT2D eigenvalue weighted by molar-refractivity contribution is 0.0837. The largest absolute Gasteiger partial charge is 0.321 e. The molecule has 30 heavy (non-hydrogen) atoms. The summed E-state index contributed by atoms with van der Waals surface area (Å²) in [6, 6.07) is 15.4. The van der Waals surface area contributed by atoms with Crippen molar-refractivity contribution < 1.29 is 4.79 Å². The number of hydrogen-bond donors (Lipinski definition) is 0. The van der Waals surface area contributed by atoms with Crippen molar-refractivity contribution in [2.75, 3.05) is 19.6 Å². The maximum atomic E-state index is 12.9. The van der Waals surface area contributed by atoms with Gasteiger partial charge in [-0.25, -0.2) is 0 Å². The van der Waals surface area contributed by atoms with Gasteiger partial charge in [-0.15, -0.1) is 0 Å². The molecule has 6 heteroatoms. The molecule has 1 fully saturated rings. The maximum Gasteiger partial charge on any atom is 0.262 e. The van der Waals surface area contributed by atoms with Crippen LogP contribution in [0.1, 0.15) is 28.8 Å². The van der Waals surface area contributed by atoms with Gasteiger partial charge in [0.15, 0.2) is 10.6 Å². The molecule has 4 rings (SSSR count). The Kier molecular flexibility index (Phi) is 5.97. The van der Waals surface area contributed by atoms with Crippen molar-refractivity contribution >= 4 is 28.9 Å². The average Bonchev–Trinajstić information content (AvgIpc) is 2.78. The zero-order chi connectivity index (χ0) is 21.3. The fraction of sp³-hybridized carbons (Fsp3) is 0.375. The van der Waals surface area contributed by atoms with E-state index in [1.165, 1.54) is 5.56 Å². The summed E-state index contributed by atoms with van der Waals surface area (Å²) in [5, 5.41) is 0.691. The predicted octanol–water partition coefficient (Wildman–Crippen LogP) is 3.97. The van der Waals surface area contributed by atoms with E-state index < -0.39 is 0 Å². The van der Waals surface area contributed by atoms with Crippen LogP contribution in [0.5, 0.6) is 0 Å². The van der Waals surface area contributed by atoms with Gasteiger partial charge in [0.05, 0.1) is 10.9 Å². The lowest BCUT2D eigenvalue weighted by Gasteiger charge is -2.31. The highest BCUT2D eigenvalue weighted by Gasteiger charge is 2.25. The van der Waals surface area contributed by atoms with E-state index in [1.807, 2.05) is 67.1 Å². The van der Waals surface area contributed by atoms with Crippen molar-refractivity contribution in [2.24, 2.45) is 13.0 Å². The number of likely N-dealkylation sites (tertiary alicyclic amines) is 1. The summed E-state index contributed by atoms with van der Waals surface area (Å²) in [7, 11) is 1.91. The lowest BCUT2D eigenvalue weighted by Crippen LogP contribution is -2.39. The molecule has 2 heterocycles. The number of carbonyl (C=O) groups excluding carboxylic acids is 1. The molecular formula is C24H27N3O2S. The highest BCUT2D eigenvalue weighted by molar-refractivity contribution is 7.71. The molecule has 1 saturated heterocycles. The quantitative estimate of drug-likeness (QED) is 0.462. The molecule has 0 radical (unpaired) electrons. The molecule has 0 atom stereocenters. The minimum absolute atomic E-state index is 0.0295. The molecule has 0 spiro atoms. The molecule has 1 aromatic heterocycles. The van der Waals surface area contributed by atoms with Gasteiger partial charge in [0.25, 0.3) is 5.56 Å². The first-order valence-corrected chi connectivity index (χ1v) is 10.9. The van der Waals surface area contributed by atoms with Crippen LogP contribution in [0.15, 0.2) is 53.3 Å². The fourth-order valence-electron chi connectivity index (χ4n) is 4.27. The zero-order valence-corrected chi connectivity index (χ0v) is 18.3. The van der Waals surface area contributed by atoms with Gasteiger partial charge in [0.1, 0.15) is 0 Å². The second-order valence-electron chi connectivity index (χ2n) is 8.16. The second-order valence-corrected chi connectivity index (χ2v) is 8.53. The fourth-order valence-corrected chi connectivity index (χ4v) is 4.55. The third kappa shape index (κ3) is 4.02. The number of aromatic nitrogens is 2. The number of nitrogens with zero attached hydrogens (tertiary/aromatic N) is 3. The van der Waals surface area contributed by atoms with Crippen LogP contribution in [-0.2, 0) is 13.6 Å². The smallest absolute Gasteiger partial charge is 0.262 e. The summed E-state index contributed by atoms with van der Waals surface area (Å²) in [6.07, 6.45) is 1.71. The Morgan fingerprint density at radius 1 is 1.03 bits per heavy atom. The van der Waals surface area contributed by atoms with Gasteiger partial charge in [-0.1, -0.05) is 42.0 Å². The van der Waals surface area contributed by atoms with Crippen molar-refractivity contribution in [3.05, 3.63) is 74.8 Å². The normalized spacial score (nSPS) is 15.5. The summed E-state index contributed by atoms with van der Waals surface area (Å²) in [5.74, 6) is 0.333. The third-order valence-corrected chi connectivity index (χ3v) is 6.69. The highest BCUT2D eigenvalue weighted by atomic mass is 32.1. The first-order valence-electron chi connectivity index (χ1n) is 10.5. The van der Waals surface area contributed by atoms with Gasteiger partial charge in [-0.05, 0) is 57.2 Å². The van der Waals surface area contributed by atoms with Gasteiger partial charge < -0.3 is 9.47 Å². The van der Waals surface area contributed by atoms with Crippen molar-refractivity contribution in [1.82, 2.24) is 14.0 Å². The Morgan fingerprint density at radius 3 is 2.40 bits per heavy atom. The third-order valence-electron chi connectivity index (χ3n) is 6.19. The maximum absolute atomic E-state index is 12.9. The number of hydrogen-bond acceptors (Lipinski definition) is 4. The predicted molar refractivity (Wildman–Crippen MR) is 123 cm³/mol. The minimum atomic E-state index is -0.0295. The van der Waals surface area contributed by atoms with E-state index >= 15 is 0 Å². The van der Waals surface area contributed by atoms with Crippen LogP contribution in [0.3, 0.4) is 0 Å². The molecule has 0 bridgehead atoms. The average molecular weight is 422 g/mol. The van der Waals surface area contributed by atoms with E-state index in [9.17, 15) is 9.59 Å². The molecule has 3 aromatic rings. The van der Waals surface area contributed by atoms with Crippen LogP contribution in [-0.4, -0.2) is 39.5 Å². The van der Waals surface area contributed by atoms with Gasteiger partial charge in [-0.2, -0.15) is 0 Å². The summed E-state index contributed by atoms with van der Waals surface area (Å²) >= 11 is 5.55. The number of rotatable bonds is 5. The van der Waals surface area contributed by atoms with Crippen molar-refractivity contribution in [3.8, 4) is 0 Å². The molecule has 1 aliphatic rings. The first kappa shape index (κ1) is 20.7. The van der Waals surface area contributed by atoms with Crippen LogP contribution >= 0.6 is 12.2 Å². The van der Waals surface area contributed by atoms with Gasteiger partial charge in [0.2, 0.25) is 0 Å². The number of para-hydroxylation sites is 1. The van der Waals surface area contributed by atoms with Crippen LogP contribution in [0.2, 0.25) is 0 Å². The molecule has 0 unspecified atom stereocenters. The highest BCUT2D eigenvalue weighted by Crippen LogP contribution is 2.22. The number of piperidine rings is 1. The topological polar surface area (TPSA) is 47.2 Å². The van der Waals surface area contributed by atoms with E-state index in [2.05, 4.69) is 4.90 Å². The van der Waals surface area contributed by atoms with Gasteiger partial charge in [-0.3, -0.25) is 14.2 Å². The van der Waals surface area contributed by atoms with E-state index in [0.717, 1.165) is 43.6 Å². The Balaban J connectivity index is 1.41. The molecule has 156 valence electrons. The minimum Gasteiger partial charge on any atom is -0.321 e. The Morgan fingerprint density at radius 2 is 1.70 bits per heavy atom. The standard InChI is InChI=1S/C24H27N3O2S/c1-17-7-9-18(10-8-17)22(28)19-11-13-26(14-12-19)15-16-27-23(29)20-5-3-4-6-21(20)25(2)24(27)30/h3-10,19H,11-16H2,1-2H3. The molecule has 1 aliphatic heterocycles. The second kappa shape index (κ2) is 8.66. The van der Waals surface area contributed by atoms with Gasteiger partial charge >= 0.3 is 0 Å². The SMILES string of the molecule is Cc1ccc(C(=O)C2CCN(CCn3c(=O)c4ccccc4n(C)c3=S)CC2)cc1. The number of ketones is 1.